The summed E-state index contributed by atoms with van der Waals surface area (Å²) in [6, 6.07) is 4.06. The van der Waals surface area contributed by atoms with Gasteiger partial charge in [0.05, 0.1) is 7.11 Å². The number of nitrogens with two attached hydrogens (primary N) is 1. The molecular weight excluding hydrogens is 238 g/mol. The maximum Gasteiger partial charge on any atom is 0.128 e. The van der Waals surface area contributed by atoms with Crippen molar-refractivity contribution in [2.75, 3.05) is 7.11 Å². The molecule has 1 aliphatic rings. The van der Waals surface area contributed by atoms with Crippen LogP contribution in [0.1, 0.15) is 58.2 Å². The van der Waals surface area contributed by atoms with Crippen molar-refractivity contribution in [3.05, 3.63) is 23.3 Å². The second-order valence-corrected chi connectivity index (χ2v) is 7.02. The molecule has 0 saturated heterocycles. The van der Waals surface area contributed by atoms with Crippen molar-refractivity contribution in [2.24, 2.45) is 5.73 Å². The van der Waals surface area contributed by atoms with Crippen molar-refractivity contribution in [2.45, 2.75) is 58.1 Å². The molecule has 3 heteroatoms. The van der Waals surface area contributed by atoms with Crippen LogP contribution in [0.25, 0.3) is 0 Å². The molecule has 1 aromatic rings. The van der Waals surface area contributed by atoms with Gasteiger partial charge in [0.15, 0.2) is 0 Å². The Hall–Kier alpha value is -1.22. The van der Waals surface area contributed by atoms with Crippen molar-refractivity contribution in [1.82, 2.24) is 0 Å². The highest BCUT2D eigenvalue weighted by molar-refractivity contribution is 5.52. The van der Waals surface area contributed by atoms with Crippen molar-refractivity contribution < 1.29 is 9.47 Å². The summed E-state index contributed by atoms with van der Waals surface area (Å²) >= 11 is 0. The lowest BCUT2D eigenvalue weighted by molar-refractivity contribution is 0.0701. The predicted molar refractivity (Wildman–Crippen MR) is 77.9 cm³/mol. The van der Waals surface area contributed by atoms with E-state index in [1.807, 2.05) is 6.07 Å². The van der Waals surface area contributed by atoms with Crippen LogP contribution in [0, 0.1) is 0 Å². The second kappa shape index (κ2) is 4.41. The predicted octanol–water partition coefficient (Wildman–Crippen LogP) is 3.55. The molecule has 1 atom stereocenters. The van der Waals surface area contributed by atoms with Gasteiger partial charge in [-0.2, -0.15) is 0 Å². The van der Waals surface area contributed by atoms with Gasteiger partial charge in [0.1, 0.15) is 17.1 Å². The van der Waals surface area contributed by atoms with Crippen LogP contribution < -0.4 is 15.2 Å². The summed E-state index contributed by atoms with van der Waals surface area (Å²) in [5.41, 5.74) is 8.31. The van der Waals surface area contributed by atoms with Crippen LogP contribution in [0.5, 0.6) is 11.5 Å². The number of rotatable bonds is 1. The molecular formula is C16H25NO2. The molecule has 1 heterocycles. The normalized spacial score (nSPS) is 21.5. The fourth-order valence-electron chi connectivity index (χ4n) is 2.65. The van der Waals surface area contributed by atoms with E-state index in [9.17, 15) is 0 Å². The Balaban J connectivity index is 2.65. The Labute approximate surface area is 116 Å². The summed E-state index contributed by atoms with van der Waals surface area (Å²) in [5, 5.41) is 0. The largest absolute Gasteiger partial charge is 0.497 e. The van der Waals surface area contributed by atoms with Gasteiger partial charge >= 0.3 is 0 Å². The van der Waals surface area contributed by atoms with Gasteiger partial charge < -0.3 is 15.2 Å². The lowest BCUT2D eigenvalue weighted by Gasteiger charge is -2.39. The lowest BCUT2D eigenvalue weighted by Crippen LogP contribution is -2.38. The van der Waals surface area contributed by atoms with E-state index in [1.54, 1.807) is 7.11 Å². The molecule has 19 heavy (non-hydrogen) atoms. The summed E-state index contributed by atoms with van der Waals surface area (Å²) in [6.07, 6.45) is 0.816. The van der Waals surface area contributed by atoms with Gasteiger partial charge in [0.2, 0.25) is 0 Å². The molecule has 0 aliphatic carbocycles. The summed E-state index contributed by atoms with van der Waals surface area (Å²) < 4.78 is 11.6. The number of fused-ring (bicyclic) bond motifs is 1. The van der Waals surface area contributed by atoms with Gasteiger partial charge in [-0.3, -0.25) is 0 Å². The lowest BCUT2D eigenvalue weighted by atomic mass is 9.81. The van der Waals surface area contributed by atoms with Gasteiger partial charge in [0.25, 0.3) is 0 Å². The van der Waals surface area contributed by atoms with E-state index >= 15 is 0 Å². The first-order chi connectivity index (χ1) is 8.64. The third kappa shape index (κ3) is 2.71. The molecule has 2 rings (SSSR count). The van der Waals surface area contributed by atoms with E-state index in [0.717, 1.165) is 29.0 Å². The molecule has 0 spiro atoms. The van der Waals surface area contributed by atoms with Crippen LogP contribution in [0.4, 0.5) is 0 Å². The first kappa shape index (κ1) is 14.2. The molecule has 0 saturated carbocycles. The van der Waals surface area contributed by atoms with Gasteiger partial charge in [-0.15, -0.1) is 0 Å². The number of benzene rings is 1. The molecule has 2 N–H and O–H groups in total. The maximum absolute atomic E-state index is 6.32. The molecule has 0 fully saturated rings. The third-order valence-electron chi connectivity index (χ3n) is 3.62. The highest BCUT2D eigenvalue weighted by atomic mass is 16.5. The van der Waals surface area contributed by atoms with Crippen LogP contribution in [-0.4, -0.2) is 12.7 Å². The van der Waals surface area contributed by atoms with E-state index < -0.39 is 0 Å². The highest BCUT2D eigenvalue weighted by Crippen LogP contribution is 2.46. The van der Waals surface area contributed by atoms with Crippen molar-refractivity contribution in [1.29, 1.82) is 0 Å². The average molecular weight is 263 g/mol. The van der Waals surface area contributed by atoms with Gasteiger partial charge in [-0.25, -0.2) is 0 Å². The Bertz CT molecular complexity index is 486. The van der Waals surface area contributed by atoms with Gasteiger partial charge in [-0.1, -0.05) is 20.8 Å². The molecule has 1 unspecified atom stereocenters. The first-order valence-corrected chi connectivity index (χ1v) is 6.81. The van der Waals surface area contributed by atoms with Crippen LogP contribution in [-0.2, 0) is 5.41 Å². The minimum absolute atomic E-state index is 0.00468. The molecule has 0 radical (unpaired) electrons. The molecule has 1 aromatic carbocycles. The van der Waals surface area contributed by atoms with E-state index in [1.165, 1.54) is 0 Å². The zero-order valence-electron chi connectivity index (χ0n) is 12.8. The molecule has 3 nitrogen and oxygen atoms in total. The summed E-state index contributed by atoms with van der Waals surface area (Å²) in [6.45, 7) is 10.7. The Morgan fingerprint density at radius 3 is 2.47 bits per heavy atom. The maximum atomic E-state index is 6.32. The second-order valence-electron chi connectivity index (χ2n) is 7.02. The zero-order chi connectivity index (χ0) is 14.4. The highest BCUT2D eigenvalue weighted by Gasteiger charge is 2.36. The van der Waals surface area contributed by atoms with Crippen LogP contribution in [0.3, 0.4) is 0 Å². The van der Waals surface area contributed by atoms with E-state index in [2.05, 4.69) is 40.7 Å². The number of ether oxygens (including phenoxy) is 2. The van der Waals surface area contributed by atoms with Crippen molar-refractivity contribution in [3.63, 3.8) is 0 Å². The van der Waals surface area contributed by atoms with E-state index in [-0.39, 0.29) is 17.1 Å². The summed E-state index contributed by atoms with van der Waals surface area (Å²) in [4.78, 5) is 0. The number of methoxy groups -OCH3 is 1. The molecule has 0 bridgehead atoms. The van der Waals surface area contributed by atoms with Crippen molar-refractivity contribution in [3.8, 4) is 11.5 Å². The van der Waals surface area contributed by atoms with E-state index in [4.69, 9.17) is 15.2 Å². The fraction of sp³-hybridized carbons (Fsp3) is 0.625. The van der Waals surface area contributed by atoms with Crippen LogP contribution in [0.15, 0.2) is 12.1 Å². The molecule has 106 valence electrons. The van der Waals surface area contributed by atoms with Gasteiger partial charge in [0, 0.05) is 23.6 Å². The quantitative estimate of drug-likeness (QED) is 0.842. The summed E-state index contributed by atoms with van der Waals surface area (Å²) in [5.74, 6) is 1.79. The zero-order valence-corrected chi connectivity index (χ0v) is 12.8. The molecule has 0 amide bonds. The smallest absolute Gasteiger partial charge is 0.128 e. The fourth-order valence-corrected chi connectivity index (χ4v) is 2.65. The topological polar surface area (TPSA) is 44.5 Å². The van der Waals surface area contributed by atoms with Gasteiger partial charge in [-0.05, 0) is 31.4 Å². The van der Waals surface area contributed by atoms with E-state index in [0.29, 0.717) is 0 Å². The number of hydrogen-bond donors (Lipinski definition) is 1. The minimum Gasteiger partial charge on any atom is -0.497 e. The SMILES string of the molecule is COc1cc2c(c(C(C)(C)C)c1)OC(C)(C)CC2N. The van der Waals surface area contributed by atoms with Crippen LogP contribution in [0.2, 0.25) is 0 Å². The minimum atomic E-state index is -0.221. The monoisotopic (exact) mass is 263 g/mol. The average Bonchev–Trinajstić information content (AvgIpc) is 2.25. The van der Waals surface area contributed by atoms with Crippen molar-refractivity contribution >= 4 is 0 Å². The number of hydrogen-bond acceptors (Lipinski definition) is 3. The summed E-state index contributed by atoms with van der Waals surface area (Å²) in [7, 11) is 1.69. The Kier molecular flexibility index (Phi) is 3.29. The first-order valence-electron chi connectivity index (χ1n) is 6.81. The van der Waals surface area contributed by atoms with Crippen LogP contribution >= 0.6 is 0 Å². The molecule has 1 aliphatic heterocycles. The Morgan fingerprint density at radius 2 is 1.95 bits per heavy atom. The third-order valence-corrected chi connectivity index (χ3v) is 3.62. The molecule has 0 aromatic heterocycles. The Morgan fingerprint density at radius 1 is 1.32 bits per heavy atom. The standard InChI is InChI=1S/C16H25NO2/c1-15(2,3)12-8-10(18-6)7-11-13(17)9-16(4,5)19-14(11)12/h7-8,13H,9,17H2,1-6H3.